The molecule has 1 N–H and O–H groups in total. The van der Waals surface area contributed by atoms with E-state index >= 15 is 0 Å². The lowest BCUT2D eigenvalue weighted by atomic mass is 9.78. The molecule has 0 aromatic carbocycles. The Hall–Kier alpha value is -0.340. The van der Waals surface area contributed by atoms with Crippen LogP contribution in [0.4, 0.5) is 0 Å². The fourth-order valence-electron chi connectivity index (χ4n) is 2.57. The van der Waals surface area contributed by atoms with Crippen LogP contribution in [0.1, 0.15) is 33.1 Å². The fraction of sp³-hybridized carbons (Fsp3) is 0.846. The predicted molar refractivity (Wildman–Crippen MR) is 64.8 cm³/mol. The number of hydrogen-bond donors (Lipinski definition) is 1. The molecule has 0 heterocycles. The van der Waals surface area contributed by atoms with E-state index in [1.54, 1.807) is 0 Å². The summed E-state index contributed by atoms with van der Waals surface area (Å²) in [6, 6.07) is 0.654. The molecule has 1 aliphatic carbocycles. The van der Waals surface area contributed by atoms with Crippen molar-refractivity contribution in [2.75, 3.05) is 19.7 Å². The fourth-order valence-corrected chi connectivity index (χ4v) is 2.57. The molecule has 0 aromatic heterocycles. The summed E-state index contributed by atoms with van der Waals surface area (Å²) < 4.78 is 0. The van der Waals surface area contributed by atoms with Gasteiger partial charge in [0.15, 0.2) is 0 Å². The summed E-state index contributed by atoms with van der Waals surface area (Å²) in [5, 5.41) is 9.04. The zero-order valence-electron chi connectivity index (χ0n) is 10.2. The molecular weight excluding hydrogens is 186 g/mol. The Morgan fingerprint density at radius 3 is 2.60 bits per heavy atom. The average molecular weight is 211 g/mol. The van der Waals surface area contributed by atoms with E-state index in [-0.39, 0.29) is 6.61 Å². The number of aliphatic hydroxyl groups excluding tert-OH is 1. The maximum atomic E-state index is 9.04. The highest BCUT2D eigenvalue weighted by Crippen LogP contribution is 2.31. The van der Waals surface area contributed by atoms with Gasteiger partial charge in [-0.2, -0.15) is 0 Å². The van der Waals surface area contributed by atoms with Crippen LogP contribution in [0, 0.1) is 11.8 Å². The molecule has 0 aliphatic heterocycles. The van der Waals surface area contributed by atoms with Crippen LogP contribution >= 0.6 is 0 Å². The van der Waals surface area contributed by atoms with Gasteiger partial charge >= 0.3 is 0 Å². The van der Waals surface area contributed by atoms with Crippen LogP contribution in [0.15, 0.2) is 12.7 Å². The van der Waals surface area contributed by atoms with E-state index in [0.717, 1.165) is 24.9 Å². The molecule has 0 bridgehead atoms. The van der Waals surface area contributed by atoms with E-state index in [2.05, 4.69) is 25.3 Å². The molecule has 1 fully saturated rings. The lowest BCUT2D eigenvalue weighted by molar-refractivity contribution is 0.100. The lowest BCUT2D eigenvalue weighted by Crippen LogP contribution is -2.41. The standard InChI is InChI=1S/C13H25NO/c1-4-7-14(8-9-15)13-6-5-11(2)12(3)10-13/h4,11-13,15H,1,5-10H2,2-3H3. The van der Waals surface area contributed by atoms with Gasteiger partial charge in [0.1, 0.15) is 0 Å². The summed E-state index contributed by atoms with van der Waals surface area (Å²) in [4.78, 5) is 2.37. The monoisotopic (exact) mass is 211 g/mol. The van der Waals surface area contributed by atoms with E-state index in [1.165, 1.54) is 19.3 Å². The number of aliphatic hydroxyl groups is 1. The van der Waals surface area contributed by atoms with Crippen LogP contribution in [-0.2, 0) is 0 Å². The van der Waals surface area contributed by atoms with Crippen molar-refractivity contribution in [3.8, 4) is 0 Å². The summed E-state index contributed by atoms with van der Waals surface area (Å²) in [6.07, 6.45) is 5.82. The summed E-state index contributed by atoms with van der Waals surface area (Å²) in [6.45, 7) is 10.4. The second kappa shape index (κ2) is 6.29. The van der Waals surface area contributed by atoms with Gasteiger partial charge in [0.25, 0.3) is 0 Å². The normalized spacial score (nSPS) is 31.9. The molecule has 0 radical (unpaired) electrons. The van der Waals surface area contributed by atoms with Gasteiger partial charge in [0.05, 0.1) is 6.61 Å². The molecule has 0 aromatic rings. The molecule has 1 saturated carbocycles. The first-order chi connectivity index (χ1) is 7.19. The van der Waals surface area contributed by atoms with E-state index in [9.17, 15) is 0 Å². The van der Waals surface area contributed by atoms with Gasteiger partial charge in [-0.3, -0.25) is 4.90 Å². The van der Waals surface area contributed by atoms with Crippen molar-refractivity contribution in [3.05, 3.63) is 12.7 Å². The van der Waals surface area contributed by atoms with Gasteiger partial charge < -0.3 is 5.11 Å². The van der Waals surface area contributed by atoms with Crippen molar-refractivity contribution in [3.63, 3.8) is 0 Å². The largest absolute Gasteiger partial charge is 0.395 e. The van der Waals surface area contributed by atoms with Crippen LogP contribution in [0.25, 0.3) is 0 Å². The highest BCUT2D eigenvalue weighted by atomic mass is 16.3. The van der Waals surface area contributed by atoms with Crippen molar-refractivity contribution in [2.45, 2.75) is 39.2 Å². The Kier molecular flexibility index (Phi) is 5.34. The molecule has 3 unspecified atom stereocenters. The highest BCUT2D eigenvalue weighted by molar-refractivity contribution is 4.85. The van der Waals surface area contributed by atoms with Gasteiger partial charge in [0.2, 0.25) is 0 Å². The first-order valence-corrected chi connectivity index (χ1v) is 6.14. The van der Waals surface area contributed by atoms with Gasteiger partial charge in [-0.15, -0.1) is 6.58 Å². The van der Waals surface area contributed by atoms with Crippen LogP contribution in [0.2, 0.25) is 0 Å². The van der Waals surface area contributed by atoms with Gasteiger partial charge in [-0.25, -0.2) is 0 Å². The van der Waals surface area contributed by atoms with E-state index < -0.39 is 0 Å². The Morgan fingerprint density at radius 1 is 1.33 bits per heavy atom. The molecule has 15 heavy (non-hydrogen) atoms. The maximum Gasteiger partial charge on any atom is 0.0558 e. The molecule has 2 nitrogen and oxygen atoms in total. The summed E-state index contributed by atoms with van der Waals surface area (Å²) in [5.74, 6) is 1.68. The lowest BCUT2D eigenvalue weighted by Gasteiger charge is -2.38. The highest BCUT2D eigenvalue weighted by Gasteiger charge is 2.27. The number of nitrogens with zero attached hydrogens (tertiary/aromatic N) is 1. The number of rotatable bonds is 5. The molecule has 3 atom stereocenters. The van der Waals surface area contributed by atoms with Crippen LogP contribution < -0.4 is 0 Å². The van der Waals surface area contributed by atoms with E-state index in [4.69, 9.17) is 5.11 Å². The first-order valence-electron chi connectivity index (χ1n) is 6.14. The molecule has 1 rings (SSSR count). The van der Waals surface area contributed by atoms with E-state index in [0.29, 0.717) is 6.04 Å². The third kappa shape index (κ3) is 3.62. The molecule has 1 aliphatic rings. The summed E-state index contributed by atoms with van der Waals surface area (Å²) >= 11 is 0. The molecule has 2 heteroatoms. The first kappa shape index (κ1) is 12.7. The molecule has 0 amide bonds. The van der Waals surface area contributed by atoms with Gasteiger partial charge in [-0.1, -0.05) is 19.9 Å². The SMILES string of the molecule is C=CCN(CCO)C1CCC(C)C(C)C1. The van der Waals surface area contributed by atoms with Crippen molar-refractivity contribution >= 4 is 0 Å². The van der Waals surface area contributed by atoms with Crippen molar-refractivity contribution in [1.29, 1.82) is 0 Å². The summed E-state index contributed by atoms with van der Waals surface area (Å²) in [5.41, 5.74) is 0. The van der Waals surface area contributed by atoms with E-state index in [1.807, 2.05) is 6.08 Å². The quantitative estimate of drug-likeness (QED) is 0.705. The molecule has 0 saturated heterocycles. The summed E-state index contributed by atoms with van der Waals surface area (Å²) in [7, 11) is 0. The Morgan fingerprint density at radius 2 is 2.07 bits per heavy atom. The van der Waals surface area contributed by atoms with Crippen molar-refractivity contribution in [1.82, 2.24) is 4.90 Å². The number of hydrogen-bond acceptors (Lipinski definition) is 2. The predicted octanol–water partition coefficient (Wildman–Crippen LogP) is 2.29. The third-order valence-electron chi connectivity index (χ3n) is 3.84. The molecule has 88 valence electrons. The molecular formula is C13H25NO. The molecule has 0 spiro atoms. The minimum atomic E-state index is 0.258. The van der Waals surface area contributed by atoms with Gasteiger partial charge in [-0.05, 0) is 31.1 Å². The van der Waals surface area contributed by atoms with Crippen LogP contribution in [0.5, 0.6) is 0 Å². The third-order valence-corrected chi connectivity index (χ3v) is 3.84. The van der Waals surface area contributed by atoms with Crippen LogP contribution in [0.3, 0.4) is 0 Å². The van der Waals surface area contributed by atoms with Crippen molar-refractivity contribution < 1.29 is 5.11 Å². The zero-order chi connectivity index (χ0) is 11.3. The Balaban J connectivity index is 2.48. The maximum absolute atomic E-state index is 9.04. The second-order valence-corrected chi connectivity index (χ2v) is 4.93. The van der Waals surface area contributed by atoms with Crippen molar-refractivity contribution in [2.24, 2.45) is 11.8 Å². The Labute approximate surface area is 94.0 Å². The van der Waals surface area contributed by atoms with Gasteiger partial charge in [0, 0.05) is 19.1 Å². The minimum absolute atomic E-state index is 0.258. The topological polar surface area (TPSA) is 23.5 Å². The second-order valence-electron chi connectivity index (χ2n) is 4.93. The minimum Gasteiger partial charge on any atom is -0.395 e. The van der Waals surface area contributed by atoms with Crippen LogP contribution in [-0.4, -0.2) is 35.7 Å². The zero-order valence-corrected chi connectivity index (χ0v) is 10.2. The average Bonchev–Trinajstić information content (AvgIpc) is 2.22. The Bertz CT molecular complexity index is 193. The smallest absolute Gasteiger partial charge is 0.0558 e.